The fourth-order valence-electron chi connectivity index (χ4n) is 1.93. The fraction of sp³-hybridized carbons (Fsp3) is 0.214. The van der Waals surface area contributed by atoms with E-state index in [0.29, 0.717) is 30.0 Å². The predicted octanol–water partition coefficient (Wildman–Crippen LogP) is 1.39. The van der Waals surface area contributed by atoms with Crippen molar-refractivity contribution in [1.82, 2.24) is 4.98 Å². The van der Waals surface area contributed by atoms with Gasteiger partial charge in [0.15, 0.2) is 0 Å². The first-order valence-electron chi connectivity index (χ1n) is 6.36. The molecule has 0 radical (unpaired) electrons. The Kier molecular flexibility index (Phi) is 4.77. The zero-order chi connectivity index (χ0) is 15.3. The Balaban J connectivity index is 2.39. The van der Waals surface area contributed by atoms with Gasteiger partial charge in [0.25, 0.3) is 10.0 Å². The third-order valence-electron chi connectivity index (χ3n) is 2.88. The highest BCUT2D eigenvalue weighted by Crippen LogP contribution is 2.24. The van der Waals surface area contributed by atoms with Gasteiger partial charge in [-0.25, -0.2) is 8.42 Å². The van der Waals surface area contributed by atoms with Crippen molar-refractivity contribution >= 4 is 15.7 Å². The minimum absolute atomic E-state index is 0.192. The normalized spacial score (nSPS) is 11.1. The van der Waals surface area contributed by atoms with Crippen molar-refractivity contribution in [2.24, 2.45) is 5.73 Å². The van der Waals surface area contributed by atoms with Gasteiger partial charge in [0, 0.05) is 6.20 Å². The number of hydrogen-bond donors (Lipinski definition) is 2. The van der Waals surface area contributed by atoms with Crippen LogP contribution in [0.25, 0.3) is 0 Å². The van der Waals surface area contributed by atoms with Crippen LogP contribution >= 0.6 is 0 Å². The molecule has 2 aromatic rings. The number of hydrogen-bond acceptors (Lipinski definition) is 5. The molecule has 1 heterocycles. The number of sulfonamides is 1. The predicted molar refractivity (Wildman–Crippen MR) is 80.8 cm³/mol. The molecule has 3 N–H and O–H groups in total. The van der Waals surface area contributed by atoms with Gasteiger partial charge >= 0.3 is 0 Å². The maximum Gasteiger partial charge on any atom is 0.262 e. The first kappa shape index (κ1) is 15.3. The lowest BCUT2D eigenvalue weighted by atomic mass is 10.1. The largest absolute Gasteiger partial charge is 0.497 e. The van der Waals surface area contributed by atoms with Gasteiger partial charge in [-0.2, -0.15) is 0 Å². The fourth-order valence-corrected chi connectivity index (χ4v) is 3.22. The van der Waals surface area contributed by atoms with Crippen LogP contribution in [0, 0.1) is 0 Å². The Bertz CT molecular complexity index is 703. The first-order valence-corrected chi connectivity index (χ1v) is 7.85. The van der Waals surface area contributed by atoms with Gasteiger partial charge in [0.05, 0.1) is 23.9 Å². The van der Waals surface area contributed by atoms with Gasteiger partial charge in [-0.1, -0.05) is 0 Å². The zero-order valence-corrected chi connectivity index (χ0v) is 12.4. The Morgan fingerprint density at radius 3 is 2.76 bits per heavy atom. The molecule has 21 heavy (non-hydrogen) atoms. The quantitative estimate of drug-likeness (QED) is 0.841. The third-order valence-corrected chi connectivity index (χ3v) is 4.37. The van der Waals surface area contributed by atoms with Gasteiger partial charge in [-0.05, 0) is 48.9 Å². The second kappa shape index (κ2) is 6.55. The Labute approximate surface area is 124 Å². The molecule has 0 saturated heterocycles. The van der Waals surface area contributed by atoms with Crippen LogP contribution in [0.4, 0.5) is 5.69 Å². The Morgan fingerprint density at radius 1 is 1.33 bits per heavy atom. The van der Waals surface area contributed by atoms with E-state index in [-0.39, 0.29) is 4.90 Å². The molecule has 6 nitrogen and oxygen atoms in total. The number of nitrogens with one attached hydrogen (secondary N) is 1. The molecule has 0 spiro atoms. The summed E-state index contributed by atoms with van der Waals surface area (Å²) in [7, 11) is -2.16. The van der Waals surface area contributed by atoms with Gasteiger partial charge in [-0.15, -0.1) is 0 Å². The molecular formula is C14H17N3O3S. The zero-order valence-electron chi connectivity index (χ0n) is 11.6. The Morgan fingerprint density at radius 2 is 2.14 bits per heavy atom. The van der Waals surface area contributed by atoms with Crippen LogP contribution < -0.4 is 15.2 Å². The van der Waals surface area contributed by atoms with Crippen molar-refractivity contribution in [3.8, 4) is 5.75 Å². The second-order valence-electron chi connectivity index (χ2n) is 4.36. The van der Waals surface area contributed by atoms with Crippen molar-refractivity contribution in [3.63, 3.8) is 0 Å². The van der Waals surface area contributed by atoms with Crippen LogP contribution in [0.1, 0.15) is 5.56 Å². The minimum Gasteiger partial charge on any atom is -0.497 e. The van der Waals surface area contributed by atoms with E-state index in [1.807, 2.05) is 0 Å². The summed E-state index contributed by atoms with van der Waals surface area (Å²) in [5, 5.41) is 0. The maximum atomic E-state index is 12.5. The summed E-state index contributed by atoms with van der Waals surface area (Å²) >= 11 is 0. The number of nitrogens with zero attached hydrogens (tertiary/aromatic N) is 1. The van der Waals surface area contributed by atoms with E-state index in [2.05, 4.69) is 9.71 Å². The van der Waals surface area contributed by atoms with E-state index < -0.39 is 10.0 Å². The van der Waals surface area contributed by atoms with Crippen molar-refractivity contribution in [2.45, 2.75) is 11.3 Å². The summed E-state index contributed by atoms with van der Waals surface area (Å²) in [5.41, 5.74) is 6.58. The number of anilines is 1. The number of benzene rings is 1. The van der Waals surface area contributed by atoms with E-state index in [9.17, 15) is 8.42 Å². The SMILES string of the molecule is COc1ccc(S(=O)(=O)Nc2cccnc2)c(CCN)c1. The summed E-state index contributed by atoms with van der Waals surface area (Å²) in [6.07, 6.45) is 3.47. The number of methoxy groups -OCH3 is 1. The highest BCUT2D eigenvalue weighted by molar-refractivity contribution is 7.92. The monoisotopic (exact) mass is 307 g/mol. The van der Waals surface area contributed by atoms with Crippen molar-refractivity contribution in [3.05, 3.63) is 48.3 Å². The van der Waals surface area contributed by atoms with Crippen molar-refractivity contribution in [1.29, 1.82) is 0 Å². The standard InChI is InChI=1S/C14H17N3O3S/c1-20-13-4-5-14(11(9-13)6-7-15)21(18,19)17-12-3-2-8-16-10-12/h2-5,8-10,17H,6-7,15H2,1H3. The molecule has 112 valence electrons. The van der Waals surface area contributed by atoms with Crippen LogP contribution in [0.5, 0.6) is 5.75 Å². The van der Waals surface area contributed by atoms with Gasteiger partial charge < -0.3 is 10.5 Å². The summed E-state index contributed by atoms with van der Waals surface area (Å²) in [6.45, 7) is 0.350. The summed E-state index contributed by atoms with van der Waals surface area (Å²) in [6, 6.07) is 8.11. The molecule has 0 atom stereocenters. The molecular weight excluding hydrogens is 290 g/mol. The average molecular weight is 307 g/mol. The summed E-state index contributed by atoms with van der Waals surface area (Å²) < 4.78 is 32.6. The molecule has 1 aromatic carbocycles. The number of nitrogens with two attached hydrogens (primary N) is 1. The molecule has 7 heteroatoms. The van der Waals surface area contributed by atoms with Gasteiger partial charge in [0.1, 0.15) is 5.75 Å². The number of rotatable bonds is 6. The van der Waals surface area contributed by atoms with Crippen LogP contribution in [0.3, 0.4) is 0 Å². The molecule has 0 saturated carbocycles. The lowest BCUT2D eigenvalue weighted by Crippen LogP contribution is -2.16. The molecule has 0 aliphatic rings. The maximum absolute atomic E-state index is 12.5. The van der Waals surface area contributed by atoms with E-state index in [0.717, 1.165) is 0 Å². The van der Waals surface area contributed by atoms with Crippen molar-refractivity contribution in [2.75, 3.05) is 18.4 Å². The van der Waals surface area contributed by atoms with Gasteiger partial charge in [-0.3, -0.25) is 9.71 Å². The molecule has 0 aliphatic carbocycles. The topological polar surface area (TPSA) is 94.3 Å². The molecule has 0 amide bonds. The highest BCUT2D eigenvalue weighted by Gasteiger charge is 2.19. The molecule has 2 rings (SSSR count). The smallest absolute Gasteiger partial charge is 0.262 e. The van der Waals surface area contributed by atoms with E-state index in [1.54, 1.807) is 30.5 Å². The van der Waals surface area contributed by atoms with E-state index >= 15 is 0 Å². The van der Waals surface area contributed by atoms with Crippen LogP contribution in [-0.2, 0) is 16.4 Å². The minimum atomic E-state index is -3.69. The van der Waals surface area contributed by atoms with Crippen LogP contribution in [0.15, 0.2) is 47.6 Å². The van der Waals surface area contributed by atoms with E-state index in [4.69, 9.17) is 10.5 Å². The van der Waals surface area contributed by atoms with Gasteiger partial charge in [0.2, 0.25) is 0 Å². The summed E-state index contributed by atoms with van der Waals surface area (Å²) in [5.74, 6) is 0.596. The third kappa shape index (κ3) is 3.71. The van der Waals surface area contributed by atoms with Crippen LogP contribution in [0.2, 0.25) is 0 Å². The molecule has 0 unspecified atom stereocenters. The van der Waals surface area contributed by atoms with E-state index in [1.165, 1.54) is 19.4 Å². The number of pyridine rings is 1. The Hall–Kier alpha value is -2.12. The number of aromatic nitrogens is 1. The highest BCUT2D eigenvalue weighted by atomic mass is 32.2. The lowest BCUT2D eigenvalue weighted by molar-refractivity contribution is 0.414. The first-order chi connectivity index (χ1) is 10.1. The van der Waals surface area contributed by atoms with Crippen molar-refractivity contribution < 1.29 is 13.2 Å². The number of ether oxygens (including phenoxy) is 1. The molecule has 0 bridgehead atoms. The molecule has 0 fully saturated rings. The summed E-state index contributed by atoms with van der Waals surface area (Å²) in [4.78, 5) is 4.07. The molecule has 0 aliphatic heterocycles. The molecule has 1 aromatic heterocycles. The lowest BCUT2D eigenvalue weighted by Gasteiger charge is -2.13. The van der Waals surface area contributed by atoms with Crippen LogP contribution in [-0.4, -0.2) is 27.1 Å². The second-order valence-corrected chi connectivity index (χ2v) is 6.01. The average Bonchev–Trinajstić information content (AvgIpc) is 2.48.